The van der Waals surface area contributed by atoms with Crippen molar-refractivity contribution in [1.29, 1.82) is 0 Å². The van der Waals surface area contributed by atoms with Crippen LogP contribution in [-0.2, 0) is 16.1 Å². The number of hydrogen-bond donors (Lipinski definition) is 0. The van der Waals surface area contributed by atoms with Crippen LogP contribution in [0.3, 0.4) is 0 Å². The molecule has 144 valence electrons. The first-order valence-electron chi connectivity index (χ1n) is 10.2. The Morgan fingerprint density at radius 3 is 2.65 bits per heavy atom. The number of carbonyl (C=O) groups is 1. The van der Waals surface area contributed by atoms with E-state index >= 15 is 0 Å². The first kappa shape index (κ1) is 17.9. The molecule has 0 radical (unpaired) electrons. The maximum Gasteiger partial charge on any atom is 0.252 e. The highest BCUT2D eigenvalue weighted by Crippen LogP contribution is 2.38. The van der Waals surface area contributed by atoms with Gasteiger partial charge in [-0.2, -0.15) is 4.98 Å². The van der Waals surface area contributed by atoms with Gasteiger partial charge in [0.25, 0.3) is 5.89 Å². The van der Waals surface area contributed by atoms with E-state index in [2.05, 4.69) is 15.0 Å². The zero-order valence-electron chi connectivity index (χ0n) is 15.6. The van der Waals surface area contributed by atoms with Crippen LogP contribution in [-0.4, -0.2) is 64.7 Å². The van der Waals surface area contributed by atoms with E-state index < -0.39 is 0 Å². The monoisotopic (exact) mass is 362 g/mol. The predicted molar refractivity (Wildman–Crippen MR) is 95.6 cm³/mol. The van der Waals surface area contributed by atoms with Gasteiger partial charge in [-0.15, -0.1) is 0 Å². The molecule has 1 aromatic rings. The lowest BCUT2D eigenvalue weighted by Crippen LogP contribution is -2.47. The number of rotatable bonds is 6. The summed E-state index contributed by atoms with van der Waals surface area (Å²) >= 11 is 0. The van der Waals surface area contributed by atoms with Crippen molar-refractivity contribution in [2.24, 2.45) is 0 Å². The summed E-state index contributed by atoms with van der Waals surface area (Å²) in [4.78, 5) is 21.4. The van der Waals surface area contributed by atoms with Gasteiger partial charge in [0, 0.05) is 19.0 Å². The third-order valence-corrected chi connectivity index (χ3v) is 5.66. The van der Waals surface area contributed by atoms with Crippen LogP contribution in [0.25, 0.3) is 0 Å². The molecule has 0 N–H and O–H groups in total. The van der Waals surface area contributed by atoms with Gasteiger partial charge < -0.3 is 14.2 Å². The zero-order valence-corrected chi connectivity index (χ0v) is 15.6. The van der Waals surface area contributed by atoms with Gasteiger partial charge in [-0.25, -0.2) is 0 Å². The van der Waals surface area contributed by atoms with Gasteiger partial charge in [0.15, 0.2) is 5.82 Å². The Morgan fingerprint density at radius 1 is 1.08 bits per heavy atom. The highest BCUT2D eigenvalue weighted by molar-refractivity contribution is 5.78. The number of carbonyl (C=O) groups excluding carboxylic acids is 1. The van der Waals surface area contributed by atoms with Crippen molar-refractivity contribution in [3.05, 3.63) is 11.7 Å². The van der Waals surface area contributed by atoms with Crippen molar-refractivity contribution in [2.45, 2.75) is 70.0 Å². The molecule has 1 saturated carbocycles. The average molecular weight is 362 g/mol. The first-order chi connectivity index (χ1) is 12.8. The van der Waals surface area contributed by atoms with Crippen LogP contribution in [0.15, 0.2) is 4.52 Å². The molecule has 3 heterocycles. The van der Waals surface area contributed by atoms with E-state index in [0.29, 0.717) is 31.5 Å². The molecule has 0 spiro atoms. The number of nitrogens with zero attached hydrogens (tertiary/aromatic N) is 4. The zero-order chi connectivity index (χ0) is 17.8. The molecule has 7 heteroatoms. The lowest BCUT2D eigenvalue weighted by molar-refractivity contribution is -0.137. The van der Waals surface area contributed by atoms with E-state index in [9.17, 15) is 4.79 Å². The summed E-state index contributed by atoms with van der Waals surface area (Å²) in [6.45, 7) is 4.54. The Kier molecular flexibility index (Phi) is 5.84. The van der Waals surface area contributed by atoms with Crippen LogP contribution in [0.1, 0.15) is 69.0 Å². The molecule has 0 aromatic carbocycles. The van der Waals surface area contributed by atoms with E-state index in [4.69, 9.17) is 9.26 Å². The second-order valence-electron chi connectivity index (χ2n) is 7.93. The Bertz CT molecular complexity index is 593. The Labute approximate surface area is 155 Å². The summed E-state index contributed by atoms with van der Waals surface area (Å²) in [7, 11) is 0. The number of amides is 1. The molecule has 26 heavy (non-hydrogen) atoms. The van der Waals surface area contributed by atoms with Crippen LogP contribution in [0, 0.1) is 0 Å². The van der Waals surface area contributed by atoms with Gasteiger partial charge in [-0.1, -0.05) is 18.0 Å². The summed E-state index contributed by atoms with van der Waals surface area (Å²) in [5.74, 6) is 2.12. The van der Waals surface area contributed by atoms with Crippen molar-refractivity contribution in [3.8, 4) is 0 Å². The largest absolute Gasteiger partial charge is 0.367 e. The highest BCUT2D eigenvalue weighted by atomic mass is 16.5. The molecule has 1 atom stereocenters. The van der Waals surface area contributed by atoms with Crippen LogP contribution in [0.2, 0.25) is 0 Å². The second-order valence-corrected chi connectivity index (χ2v) is 7.93. The maximum absolute atomic E-state index is 12.7. The van der Waals surface area contributed by atoms with Gasteiger partial charge in [-0.3, -0.25) is 9.69 Å². The molecule has 1 amide bonds. The van der Waals surface area contributed by atoms with E-state index in [1.807, 2.05) is 4.90 Å². The molecule has 3 aliphatic rings. The Hall–Kier alpha value is -1.47. The van der Waals surface area contributed by atoms with Gasteiger partial charge in [0.1, 0.15) is 6.61 Å². The van der Waals surface area contributed by atoms with Gasteiger partial charge in [0.05, 0.1) is 12.6 Å². The minimum atomic E-state index is 0.0631. The SMILES string of the molecule is O=C(CN1CCCCCC1)N1CCCC(OCc2nc(C3CC3)no2)C1. The number of piperidine rings is 1. The van der Waals surface area contributed by atoms with Gasteiger partial charge in [-0.05, 0) is 51.6 Å². The number of likely N-dealkylation sites (tertiary alicyclic amines) is 2. The van der Waals surface area contributed by atoms with E-state index in [1.165, 1.54) is 25.7 Å². The Morgan fingerprint density at radius 2 is 1.88 bits per heavy atom. The third kappa shape index (κ3) is 4.82. The second kappa shape index (κ2) is 8.48. The topological polar surface area (TPSA) is 71.7 Å². The lowest BCUT2D eigenvalue weighted by Gasteiger charge is -2.34. The summed E-state index contributed by atoms with van der Waals surface area (Å²) < 4.78 is 11.2. The van der Waals surface area contributed by atoms with Crippen LogP contribution >= 0.6 is 0 Å². The van der Waals surface area contributed by atoms with Crippen LogP contribution in [0.4, 0.5) is 0 Å². The fraction of sp³-hybridized carbons (Fsp3) is 0.842. The van der Waals surface area contributed by atoms with E-state index in [-0.39, 0.29) is 12.0 Å². The van der Waals surface area contributed by atoms with E-state index in [0.717, 1.165) is 51.1 Å². The van der Waals surface area contributed by atoms with E-state index in [1.54, 1.807) is 0 Å². The molecule has 7 nitrogen and oxygen atoms in total. The number of hydrogen-bond acceptors (Lipinski definition) is 6. The maximum atomic E-state index is 12.7. The lowest BCUT2D eigenvalue weighted by atomic mass is 10.1. The quantitative estimate of drug-likeness (QED) is 0.773. The van der Waals surface area contributed by atoms with Crippen molar-refractivity contribution < 1.29 is 14.1 Å². The molecule has 1 aromatic heterocycles. The fourth-order valence-electron chi connectivity index (χ4n) is 3.91. The minimum Gasteiger partial charge on any atom is -0.367 e. The van der Waals surface area contributed by atoms with Crippen LogP contribution in [0.5, 0.6) is 0 Å². The predicted octanol–water partition coefficient (Wildman–Crippen LogP) is 2.33. The smallest absolute Gasteiger partial charge is 0.252 e. The molecule has 1 unspecified atom stereocenters. The summed E-state index contributed by atoms with van der Waals surface area (Å²) in [5, 5.41) is 4.02. The van der Waals surface area contributed by atoms with Gasteiger partial charge >= 0.3 is 0 Å². The Balaban J connectivity index is 1.23. The van der Waals surface area contributed by atoms with Crippen molar-refractivity contribution in [3.63, 3.8) is 0 Å². The van der Waals surface area contributed by atoms with Gasteiger partial charge in [0.2, 0.25) is 5.91 Å². The normalized spacial score (nSPS) is 25.2. The molecule has 4 rings (SSSR count). The first-order valence-corrected chi connectivity index (χ1v) is 10.2. The summed E-state index contributed by atoms with van der Waals surface area (Å²) in [6.07, 6.45) is 9.38. The molecule has 2 saturated heterocycles. The van der Waals surface area contributed by atoms with Crippen molar-refractivity contribution in [2.75, 3.05) is 32.7 Å². The minimum absolute atomic E-state index is 0.0631. The molecular weight excluding hydrogens is 332 g/mol. The average Bonchev–Trinajstić information content (AvgIpc) is 3.45. The van der Waals surface area contributed by atoms with Crippen molar-refractivity contribution >= 4 is 5.91 Å². The molecule has 2 aliphatic heterocycles. The molecular formula is C19H30N4O3. The highest BCUT2D eigenvalue weighted by Gasteiger charge is 2.29. The molecule has 1 aliphatic carbocycles. The molecule has 0 bridgehead atoms. The summed E-state index contributed by atoms with van der Waals surface area (Å²) in [5.41, 5.74) is 0. The fourth-order valence-corrected chi connectivity index (χ4v) is 3.91. The number of ether oxygens (including phenoxy) is 1. The standard InChI is InChI=1S/C19H30N4O3/c24-18(13-22-9-3-1-2-4-10-22)23-11-5-6-16(12-23)25-14-17-20-19(21-26-17)15-7-8-15/h15-16H,1-14H2. The molecule has 3 fully saturated rings. The third-order valence-electron chi connectivity index (χ3n) is 5.66. The number of aromatic nitrogens is 2. The van der Waals surface area contributed by atoms with Crippen LogP contribution < -0.4 is 0 Å². The summed E-state index contributed by atoms with van der Waals surface area (Å²) in [6, 6.07) is 0. The van der Waals surface area contributed by atoms with Crippen molar-refractivity contribution in [1.82, 2.24) is 19.9 Å².